The highest BCUT2D eigenvalue weighted by Crippen LogP contribution is 2.18. The Hall–Kier alpha value is -1.46. The smallest absolute Gasteiger partial charge is 0.0745 e. The van der Waals surface area contributed by atoms with Gasteiger partial charge in [-0.05, 0) is 39.7 Å². The summed E-state index contributed by atoms with van der Waals surface area (Å²) in [5.41, 5.74) is 7.92. The third-order valence-electron chi connectivity index (χ3n) is 2.88. The molecule has 0 saturated heterocycles. The second-order valence-corrected chi connectivity index (χ2v) is 5.92. The largest absolute Gasteiger partial charge is 0.393 e. The number of para-hydroxylation sites is 1. The Morgan fingerprint density at radius 3 is 2.65 bits per heavy atom. The summed E-state index contributed by atoms with van der Waals surface area (Å²) in [6.07, 6.45) is 4.36. The third kappa shape index (κ3) is 4.58. The Kier molecular flexibility index (Phi) is 5.49. The van der Waals surface area contributed by atoms with Crippen LogP contribution in [-0.2, 0) is 6.54 Å². The fraction of sp³-hybridized carbons (Fsp3) is 0.200. The first-order valence-corrected chi connectivity index (χ1v) is 7.53. The van der Waals surface area contributed by atoms with Gasteiger partial charge in [-0.3, -0.25) is 4.98 Å². The zero-order valence-corrected chi connectivity index (χ0v) is 13.4. The van der Waals surface area contributed by atoms with Crippen LogP contribution in [-0.4, -0.2) is 16.5 Å². The standard InChI is InChI=1S/C15H16BrN3S/c16-13-8-12(9-18-10-13)11-19(7-6-15(17)20)14-4-2-1-3-5-14/h1-5,8-10H,6-7,11H2,(H2,17,20). The number of anilines is 1. The second kappa shape index (κ2) is 7.36. The van der Waals surface area contributed by atoms with Gasteiger partial charge in [-0.15, -0.1) is 0 Å². The first kappa shape index (κ1) is 14.9. The van der Waals surface area contributed by atoms with Gasteiger partial charge in [0.1, 0.15) is 0 Å². The van der Waals surface area contributed by atoms with Crippen LogP contribution in [0, 0.1) is 0 Å². The molecule has 1 aromatic carbocycles. The lowest BCUT2D eigenvalue weighted by Crippen LogP contribution is -2.27. The molecule has 0 saturated carbocycles. The van der Waals surface area contributed by atoms with Crippen molar-refractivity contribution in [1.82, 2.24) is 4.98 Å². The summed E-state index contributed by atoms with van der Waals surface area (Å²) >= 11 is 8.43. The number of thiocarbonyl (C=S) groups is 1. The van der Waals surface area contributed by atoms with E-state index in [2.05, 4.69) is 44.0 Å². The molecule has 5 heteroatoms. The van der Waals surface area contributed by atoms with Crippen LogP contribution in [0.4, 0.5) is 5.69 Å². The number of aromatic nitrogens is 1. The van der Waals surface area contributed by atoms with E-state index in [-0.39, 0.29) is 0 Å². The van der Waals surface area contributed by atoms with Gasteiger partial charge in [-0.25, -0.2) is 0 Å². The summed E-state index contributed by atoms with van der Waals surface area (Å²) in [4.78, 5) is 6.99. The van der Waals surface area contributed by atoms with Crippen molar-refractivity contribution in [3.8, 4) is 0 Å². The summed E-state index contributed by atoms with van der Waals surface area (Å²) in [6.45, 7) is 1.57. The average molecular weight is 350 g/mol. The van der Waals surface area contributed by atoms with Crippen molar-refractivity contribution in [2.75, 3.05) is 11.4 Å². The Bertz CT molecular complexity index is 574. The van der Waals surface area contributed by atoms with Crippen LogP contribution in [0.5, 0.6) is 0 Å². The van der Waals surface area contributed by atoms with Crippen molar-refractivity contribution < 1.29 is 0 Å². The molecule has 0 amide bonds. The first-order chi connectivity index (χ1) is 9.65. The molecule has 2 aromatic rings. The molecule has 0 aliphatic carbocycles. The zero-order chi connectivity index (χ0) is 14.4. The zero-order valence-electron chi connectivity index (χ0n) is 11.0. The van der Waals surface area contributed by atoms with Crippen molar-refractivity contribution >= 4 is 38.8 Å². The van der Waals surface area contributed by atoms with E-state index in [9.17, 15) is 0 Å². The van der Waals surface area contributed by atoms with Gasteiger partial charge in [0.15, 0.2) is 0 Å². The van der Waals surface area contributed by atoms with Crippen LogP contribution in [0.15, 0.2) is 53.3 Å². The third-order valence-corrected chi connectivity index (χ3v) is 3.52. The summed E-state index contributed by atoms with van der Waals surface area (Å²) in [5.74, 6) is 0. The molecule has 2 N–H and O–H groups in total. The molecule has 2 rings (SSSR count). The fourth-order valence-corrected chi connectivity index (χ4v) is 2.45. The molecule has 0 aliphatic heterocycles. The van der Waals surface area contributed by atoms with E-state index in [0.29, 0.717) is 11.4 Å². The maximum atomic E-state index is 5.62. The number of hydrogen-bond acceptors (Lipinski definition) is 3. The maximum Gasteiger partial charge on any atom is 0.0745 e. The molecule has 1 heterocycles. The van der Waals surface area contributed by atoms with Gasteiger partial charge in [0, 0.05) is 42.1 Å². The molecule has 0 radical (unpaired) electrons. The van der Waals surface area contributed by atoms with E-state index >= 15 is 0 Å². The van der Waals surface area contributed by atoms with Crippen molar-refractivity contribution in [3.05, 3.63) is 58.8 Å². The van der Waals surface area contributed by atoms with Gasteiger partial charge < -0.3 is 10.6 Å². The molecule has 20 heavy (non-hydrogen) atoms. The van der Waals surface area contributed by atoms with Crippen LogP contribution in [0.3, 0.4) is 0 Å². The highest BCUT2D eigenvalue weighted by Gasteiger charge is 2.08. The van der Waals surface area contributed by atoms with E-state index in [1.807, 2.05) is 24.4 Å². The summed E-state index contributed by atoms with van der Waals surface area (Å²) < 4.78 is 0.984. The summed E-state index contributed by atoms with van der Waals surface area (Å²) in [5, 5.41) is 0. The molecule has 3 nitrogen and oxygen atoms in total. The van der Waals surface area contributed by atoms with Crippen LogP contribution >= 0.6 is 28.1 Å². The predicted octanol–water partition coefficient (Wildman–Crippen LogP) is 3.53. The molecule has 0 bridgehead atoms. The van der Waals surface area contributed by atoms with E-state index in [4.69, 9.17) is 18.0 Å². The van der Waals surface area contributed by atoms with Gasteiger partial charge in [0.2, 0.25) is 0 Å². The first-order valence-electron chi connectivity index (χ1n) is 6.33. The number of halogens is 1. The fourth-order valence-electron chi connectivity index (χ4n) is 1.95. The van der Waals surface area contributed by atoms with Gasteiger partial charge in [-0.2, -0.15) is 0 Å². The van der Waals surface area contributed by atoms with Gasteiger partial charge >= 0.3 is 0 Å². The monoisotopic (exact) mass is 349 g/mol. The van der Waals surface area contributed by atoms with Crippen LogP contribution in [0.1, 0.15) is 12.0 Å². The van der Waals surface area contributed by atoms with Crippen LogP contribution < -0.4 is 10.6 Å². The molecular weight excluding hydrogens is 334 g/mol. The number of nitrogens with zero attached hydrogens (tertiary/aromatic N) is 2. The minimum atomic E-state index is 0.540. The second-order valence-electron chi connectivity index (χ2n) is 4.48. The number of hydrogen-bond donors (Lipinski definition) is 1. The minimum Gasteiger partial charge on any atom is -0.393 e. The quantitative estimate of drug-likeness (QED) is 0.810. The Morgan fingerprint density at radius 1 is 1.25 bits per heavy atom. The number of pyridine rings is 1. The lowest BCUT2D eigenvalue weighted by Gasteiger charge is -2.24. The molecular formula is C15H16BrN3S. The normalized spacial score (nSPS) is 10.2. The van der Waals surface area contributed by atoms with Gasteiger partial charge in [0.05, 0.1) is 4.99 Å². The molecule has 0 atom stereocenters. The minimum absolute atomic E-state index is 0.540. The lowest BCUT2D eigenvalue weighted by atomic mass is 10.2. The Morgan fingerprint density at radius 2 is 2.00 bits per heavy atom. The highest BCUT2D eigenvalue weighted by molar-refractivity contribution is 9.10. The van der Waals surface area contributed by atoms with E-state index in [1.165, 1.54) is 0 Å². The number of benzene rings is 1. The van der Waals surface area contributed by atoms with Gasteiger partial charge in [0.25, 0.3) is 0 Å². The van der Waals surface area contributed by atoms with Crippen molar-refractivity contribution in [2.45, 2.75) is 13.0 Å². The topological polar surface area (TPSA) is 42.1 Å². The molecule has 0 fully saturated rings. The molecule has 104 valence electrons. The summed E-state index contributed by atoms with van der Waals surface area (Å²) in [6, 6.07) is 12.3. The summed E-state index contributed by atoms with van der Waals surface area (Å²) in [7, 11) is 0. The van der Waals surface area contributed by atoms with Crippen molar-refractivity contribution in [3.63, 3.8) is 0 Å². The Labute approximate surface area is 132 Å². The number of nitrogens with two attached hydrogens (primary N) is 1. The van der Waals surface area contributed by atoms with E-state index < -0.39 is 0 Å². The SMILES string of the molecule is NC(=S)CCN(Cc1cncc(Br)c1)c1ccccc1. The average Bonchev–Trinajstić information content (AvgIpc) is 2.44. The lowest BCUT2D eigenvalue weighted by molar-refractivity contribution is 0.803. The molecule has 1 aromatic heterocycles. The van der Waals surface area contributed by atoms with Crippen LogP contribution in [0.2, 0.25) is 0 Å². The van der Waals surface area contributed by atoms with Crippen molar-refractivity contribution in [1.29, 1.82) is 0 Å². The molecule has 0 spiro atoms. The molecule has 0 aliphatic rings. The van der Waals surface area contributed by atoms with Crippen molar-refractivity contribution in [2.24, 2.45) is 5.73 Å². The predicted molar refractivity (Wildman–Crippen MR) is 90.8 cm³/mol. The maximum absolute atomic E-state index is 5.62. The highest BCUT2D eigenvalue weighted by atomic mass is 79.9. The van der Waals surface area contributed by atoms with Crippen LogP contribution in [0.25, 0.3) is 0 Å². The van der Waals surface area contributed by atoms with Gasteiger partial charge in [-0.1, -0.05) is 30.4 Å². The Balaban J connectivity index is 2.16. The number of rotatable bonds is 6. The van der Waals surface area contributed by atoms with E-state index in [1.54, 1.807) is 6.20 Å². The molecule has 0 unspecified atom stereocenters. The van der Waals surface area contributed by atoms with E-state index in [0.717, 1.165) is 28.8 Å².